The van der Waals surface area contributed by atoms with E-state index in [2.05, 4.69) is 20.9 Å². The lowest BCUT2D eigenvalue weighted by Crippen LogP contribution is -2.22. The van der Waals surface area contributed by atoms with E-state index in [-0.39, 0.29) is 5.69 Å². The van der Waals surface area contributed by atoms with E-state index in [9.17, 15) is 9.90 Å². The van der Waals surface area contributed by atoms with Crippen molar-refractivity contribution < 1.29 is 9.90 Å². The number of carboxylic acid groups (broad SMARTS) is 1. The summed E-state index contributed by atoms with van der Waals surface area (Å²) in [5, 5.41) is 10.5. The lowest BCUT2D eigenvalue weighted by molar-refractivity contribution is -0.255. The number of rotatable bonds is 1. The molecule has 5 heteroatoms. The number of nitrogens with zero attached hydrogens (tertiary/aromatic N) is 2. The smallest absolute Gasteiger partial charge is 0.137 e. The largest absolute Gasteiger partial charge is 0.543 e. The Morgan fingerprint density at radius 3 is 2.92 bits per heavy atom. The SMILES string of the molecule is O=C([O-])c1cn2cc(Br)ccc2n1. The number of imidazole rings is 1. The Labute approximate surface area is 82.0 Å². The van der Waals surface area contributed by atoms with Gasteiger partial charge in [-0.05, 0) is 28.1 Å². The molecule has 4 nitrogen and oxygen atoms in total. The third-order valence-corrected chi connectivity index (χ3v) is 2.09. The second-order valence-corrected chi connectivity index (χ2v) is 3.44. The zero-order chi connectivity index (χ0) is 9.42. The average molecular weight is 240 g/mol. The van der Waals surface area contributed by atoms with Crippen molar-refractivity contribution in [3.05, 3.63) is 34.7 Å². The summed E-state index contributed by atoms with van der Waals surface area (Å²) < 4.78 is 2.48. The minimum absolute atomic E-state index is 0.0573. The van der Waals surface area contributed by atoms with E-state index in [0.29, 0.717) is 5.65 Å². The third-order valence-electron chi connectivity index (χ3n) is 1.62. The van der Waals surface area contributed by atoms with Gasteiger partial charge in [0.1, 0.15) is 11.3 Å². The number of carbonyl (C=O) groups excluding carboxylic acids is 1. The maximum Gasteiger partial charge on any atom is 0.137 e. The summed E-state index contributed by atoms with van der Waals surface area (Å²) >= 11 is 3.27. The van der Waals surface area contributed by atoms with Crippen LogP contribution in [-0.2, 0) is 0 Å². The van der Waals surface area contributed by atoms with Crippen LogP contribution in [0.2, 0.25) is 0 Å². The van der Waals surface area contributed by atoms with Crippen molar-refractivity contribution >= 4 is 27.5 Å². The molecule has 0 aliphatic rings. The van der Waals surface area contributed by atoms with E-state index in [1.54, 1.807) is 22.7 Å². The first kappa shape index (κ1) is 8.25. The lowest BCUT2D eigenvalue weighted by atomic mass is 10.5. The first-order chi connectivity index (χ1) is 6.16. The second kappa shape index (κ2) is 2.85. The highest BCUT2D eigenvalue weighted by Gasteiger charge is 2.01. The summed E-state index contributed by atoms with van der Waals surface area (Å²) in [6.45, 7) is 0. The topological polar surface area (TPSA) is 57.4 Å². The molecule has 0 saturated heterocycles. The van der Waals surface area contributed by atoms with Gasteiger partial charge in [0.25, 0.3) is 0 Å². The standard InChI is InChI=1S/C8H5BrN2O2/c9-5-1-2-7-10-6(8(12)13)4-11(7)3-5/h1-4H,(H,12,13)/p-1. The molecular formula is C8H4BrN2O2-. The summed E-state index contributed by atoms with van der Waals surface area (Å²) in [4.78, 5) is 14.3. The van der Waals surface area contributed by atoms with Crippen LogP contribution in [0.3, 0.4) is 0 Å². The van der Waals surface area contributed by atoms with E-state index in [4.69, 9.17) is 0 Å². The predicted octanol–water partition coefficient (Wildman–Crippen LogP) is 0.460. The van der Waals surface area contributed by atoms with E-state index < -0.39 is 5.97 Å². The van der Waals surface area contributed by atoms with Crippen molar-refractivity contribution in [3.8, 4) is 0 Å². The van der Waals surface area contributed by atoms with Gasteiger partial charge in [-0.2, -0.15) is 0 Å². The number of hydrogen-bond donors (Lipinski definition) is 0. The number of carboxylic acids is 1. The second-order valence-electron chi connectivity index (χ2n) is 2.53. The molecule has 2 aromatic rings. The van der Waals surface area contributed by atoms with Gasteiger partial charge in [-0.15, -0.1) is 0 Å². The fourth-order valence-electron chi connectivity index (χ4n) is 1.06. The van der Waals surface area contributed by atoms with Gasteiger partial charge in [-0.3, -0.25) is 0 Å². The van der Waals surface area contributed by atoms with Crippen molar-refractivity contribution in [3.63, 3.8) is 0 Å². The Balaban J connectivity index is 2.68. The summed E-state index contributed by atoms with van der Waals surface area (Å²) in [6, 6.07) is 3.51. The predicted molar refractivity (Wildman–Crippen MR) is 47.2 cm³/mol. The zero-order valence-corrected chi connectivity index (χ0v) is 7.98. The third kappa shape index (κ3) is 1.42. The number of pyridine rings is 1. The molecule has 2 rings (SSSR count). The molecule has 13 heavy (non-hydrogen) atoms. The van der Waals surface area contributed by atoms with Gasteiger partial charge in [0.15, 0.2) is 0 Å². The molecule has 0 aliphatic carbocycles. The van der Waals surface area contributed by atoms with Crippen LogP contribution in [0.25, 0.3) is 5.65 Å². The van der Waals surface area contributed by atoms with E-state index >= 15 is 0 Å². The van der Waals surface area contributed by atoms with E-state index in [1.165, 1.54) is 6.20 Å². The van der Waals surface area contributed by atoms with Crippen molar-refractivity contribution in [1.82, 2.24) is 9.38 Å². The van der Waals surface area contributed by atoms with Crippen molar-refractivity contribution in [2.75, 3.05) is 0 Å². The summed E-state index contributed by atoms with van der Waals surface area (Å²) in [7, 11) is 0. The molecule has 0 fully saturated rings. The number of aromatic nitrogens is 2. The summed E-state index contributed by atoms with van der Waals surface area (Å²) in [6.07, 6.45) is 3.14. The first-order valence-corrected chi connectivity index (χ1v) is 4.32. The Morgan fingerprint density at radius 1 is 1.46 bits per heavy atom. The van der Waals surface area contributed by atoms with Gasteiger partial charge in [0.2, 0.25) is 0 Å². The van der Waals surface area contributed by atoms with E-state index in [1.807, 2.05) is 0 Å². The fourth-order valence-corrected chi connectivity index (χ4v) is 1.42. The monoisotopic (exact) mass is 239 g/mol. The highest BCUT2D eigenvalue weighted by molar-refractivity contribution is 9.10. The van der Waals surface area contributed by atoms with Crippen LogP contribution in [0, 0.1) is 0 Å². The quantitative estimate of drug-likeness (QED) is 0.727. The number of aromatic carboxylic acids is 1. The molecule has 0 radical (unpaired) electrons. The molecular weight excluding hydrogens is 236 g/mol. The van der Waals surface area contributed by atoms with Crippen LogP contribution in [0.15, 0.2) is 29.0 Å². The lowest BCUT2D eigenvalue weighted by Gasteiger charge is -1.91. The molecule has 0 unspecified atom stereocenters. The molecule has 2 aromatic heterocycles. The van der Waals surface area contributed by atoms with Crippen LogP contribution < -0.4 is 5.11 Å². The zero-order valence-electron chi connectivity index (χ0n) is 6.40. The van der Waals surface area contributed by atoms with Crippen LogP contribution in [0.4, 0.5) is 0 Å². The normalized spacial score (nSPS) is 10.5. The molecule has 0 bridgehead atoms. The molecule has 0 saturated carbocycles. The fraction of sp³-hybridized carbons (Fsp3) is 0. The van der Waals surface area contributed by atoms with Crippen molar-refractivity contribution in [1.29, 1.82) is 0 Å². The summed E-state index contributed by atoms with van der Waals surface area (Å²) in [5.74, 6) is -1.26. The van der Waals surface area contributed by atoms with Crippen LogP contribution >= 0.6 is 15.9 Å². The molecule has 66 valence electrons. The average Bonchev–Trinajstić information content (AvgIpc) is 2.46. The number of fused-ring (bicyclic) bond motifs is 1. The van der Waals surface area contributed by atoms with Gasteiger partial charge in [-0.1, -0.05) is 0 Å². The molecule has 0 atom stereocenters. The van der Waals surface area contributed by atoms with Crippen LogP contribution in [0.1, 0.15) is 10.5 Å². The Morgan fingerprint density at radius 2 is 2.23 bits per heavy atom. The highest BCUT2D eigenvalue weighted by atomic mass is 79.9. The Bertz CT molecular complexity index is 478. The van der Waals surface area contributed by atoms with Gasteiger partial charge >= 0.3 is 0 Å². The Hall–Kier alpha value is -1.36. The first-order valence-electron chi connectivity index (χ1n) is 3.52. The molecule has 0 amide bonds. The van der Waals surface area contributed by atoms with Gasteiger partial charge in [0.05, 0.1) is 5.97 Å². The minimum Gasteiger partial charge on any atom is -0.543 e. The number of hydrogen-bond acceptors (Lipinski definition) is 3. The number of halogens is 1. The maximum atomic E-state index is 10.5. The minimum atomic E-state index is -1.26. The highest BCUT2D eigenvalue weighted by Crippen LogP contribution is 2.11. The van der Waals surface area contributed by atoms with Gasteiger partial charge in [0, 0.05) is 16.9 Å². The van der Waals surface area contributed by atoms with E-state index in [0.717, 1.165) is 4.47 Å². The Kier molecular flexibility index (Phi) is 1.81. The summed E-state index contributed by atoms with van der Waals surface area (Å²) in [5.41, 5.74) is 0.528. The maximum absolute atomic E-state index is 10.5. The molecule has 0 spiro atoms. The van der Waals surface area contributed by atoms with Crippen molar-refractivity contribution in [2.45, 2.75) is 0 Å². The van der Waals surface area contributed by atoms with Crippen molar-refractivity contribution in [2.24, 2.45) is 0 Å². The van der Waals surface area contributed by atoms with Gasteiger partial charge < -0.3 is 14.3 Å². The molecule has 2 heterocycles. The van der Waals surface area contributed by atoms with Crippen LogP contribution in [0.5, 0.6) is 0 Å². The van der Waals surface area contributed by atoms with Gasteiger partial charge in [-0.25, -0.2) is 4.98 Å². The molecule has 0 aromatic carbocycles. The molecule has 0 N–H and O–H groups in total. The van der Waals surface area contributed by atoms with Crippen LogP contribution in [-0.4, -0.2) is 15.4 Å². The molecule has 0 aliphatic heterocycles. The number of carbonyl (C=O) groups is 1.